The van der Waals surface area contributed by atoms with Crippen molar-refractivity contribution in [2.45, 2.75) is 45.7 Å². The Morgan fingerprint density at radius 2 is 1.69 bits per heavy atom. The Bertz CT molecular complexity index is 1670. The minimum atomic E-state index is -0.577. The van der Waals surface area contributed by atoms with Gasteiger partial charge >= 0.3 is 5.69 Å². The number of aromatic nitrogens is 2. The molecule has 2 saturated heterocycles. The fourth-order valence-corrected chi connectivity index (χ4v) is 6.63. The summed E-state index contributed by atoms with van der Waals surface area (Å²) in [5.41, 5.74) is 3.18. The predicted molar refractivity (Wildman–Crippen MR) is 158 cm³/mol. The van der Waals surface area contributed by atoms with Gasteiger partial charge in [0.1, 0.15) is 5.82 Å². The molecule has 1 aromatic heterocycles. The molecule has 11 nitrogen and oxygen atoms in total. The molecule has 0 spiro atoms. The van der Waals surface area contributed by atoms with Crippen molar-refractivity contribution in [3.63, 3.8) is 0 Å². The third kappa shape index (κ3) is 5.09. The lowest BCUT2D eigenvalue weighted by Crippen LogP contribution is -2.41. The summed E-state index contributed by atoms with van der Waals surface area (Å²) in [5.74, 6) is -0.424. The molecule has 11 heteroatoms. The molecule has 0 bridgehead atoms. The van der Waals surface area contributed by atoms with Crippen LogP contribution in [0.2, 0.25) is 0 Å². The van der Waals surface area contributed by atoms with Gasteiger partial charge in [-0.3, -0.25) is 34.2 Å². The second-order valence-electron chi connectivity index (χ2n) is 11.6. The zero-order chi connectivity index (χ0) is 29.5. The van der Waals surface area contributed by atoms with Gasteiger partial charge in [-0.2, -0.15) is 0 Å². The molecule has 4 heterocycles. The van der Waals surface area contributed by atoms with Gasteiger partial charge in [-0.25, -0.2) is 9.79 Å². The number of nitro benzene ring substituents is 1. The number of amides is 1. The lowest BCUT2D eigenvalue weighted by atomic mass is 9.77. The Morgan fingerprint density at radius 3 is 2.33 bits per heavy atom. The van der Waals surface area contributed by atoms with Crippen LogP contribution in [0, 0.1) is 28.9 Å². The van der Waals surface area contributed by atoms with Crippen LogP contribution < -0.4 is 11.2 Å². The third-order valence-corrected chi connectivity index (χ3v) is 8.88. The highest BCUT2D eigenvalue weighted by molar-refractivity contribution is 6.14. The van der Waals surface area contributed by atoms with E-state index < -0.39 is 23.1 Å². The van der Waals surface area contributed by atoms with Crippen LogP contribution in [-0.4, -0.2) is 62.1 Å². The maximum Gasteiger partial charge on any atom is 0.329 e. The number of nitro groups is 1. The summed E-state index contributed by atoms with van der Waals surface area (Å²) in [6.45, 7) is 7.69. The second kappa shape index (κ2) is 11.1. The molecule has 6 rings (SSSR count). The van der Waals surface area contributed by atoms with Crippen molar-refractivity contribution in [3.8, 4) is 0 Å². The number of likely N-dealkylation sites (tertiary alicyclic amines) is 2. The molecular weight excluding hydrogens is 536 g/mol. The lowest BCUT2D eigenvalue weighted by Gasteiger charge is -2.34. The summed E-state index contributed by atoms with van der Waals surface area (Å²) in [7, 11) is 0. The number of benzene rings is 2. The highest BCUT2D eigenvalue weighted by Gasteiger charge is 2.48. The maximum atomic E-state index is 14.0. The molecule has 1 amide bonds. The van der Waals surface area contributed by atoms with Crippen LogP contribution in [0.3, 0.4) is 0 Å². The zero-order valence-corrected chi connectivity index (χ0v) is 23.8. The average Bonchev–Trinajstić information content (AvgIpc) is 3.28. The van der Waals surface area contributed by atoms with Gasteiger partial charge in [-0.15, -0.1) is 0 Å². The van der Waals surface area contributed by atoms with Crippen molar-refractivity contribution >= 4 is 23.1 Å². The van der Waals surface area contributed by atoms with Gasteiger partial charge in [-0.1, -0.05) is 42.0 Å². The minimum Gasteiger partial charge on any atom is -0.336 e. The van der Waals surface area contributed by atoms with Crippen molar-refractivity contribution in [1.82, 2.24) is 19.4 Å². The number of piperidine rings is 1. The van der Waals surface area contributed by atoms with E-state index in [9.17, 15) is 24.5 Å². The van der Waals surface area contributed by atoms with Crippen LogP contribution in [0.15, 0.2) is 63.1 Å². The standard InChI is InChI=1S/C31H34N6O5/c1-3-36-28-27(29(38)33-31(36)40)25(22-8-4-19(2)5-9-22)26-24(32-28)18-35(30(26)39)17-21-12-14-34(15-13-21)16-20-6-10-23(11-7-20)37(41)42/h4-11,21,25-26H,3,12-18H2,1-2H3,(H,33,38,40)/t25-,26-/m1/s1. The van der Waals surface area contributed by atoms with Crippen molar-refractivity contribution in [2.24, 2.45) is 16.8 Å². The number of aromatic amines is 1. The van der Waals surface area contributed by atoms with E-state index in [1.165, 1.54) is 4.57 Å². The number of nitrogens with one attached hydrogen (secondary N) is 1. The van der Waals surface area contributed by atoms with Gasteiger partial charge in [0, 0.05) is 37.7 Å². The van der Waals surface area contributed by atoms with Crippen molar-refractivity contribution in [3.05, 3.63) is 102 Å². The van der Waals surface area contributed by atoms with Crippen LogP contribution in [-0.2, 0) is 17.9 Å². The van der Waals surface area contributed by atoms with Crippen LogP contribution in [0.5, 0.6) is 0 Å². The molecule has 2 atom stereocenters. The van der Waals surface area contributed by atoms with E-state index in [0.29, 0.717) is 42.6 Å². The first-order valence-electron chi connectivity index (χ1n) is 14.5. The number of hydrogen-bond donors (Lipinski definition) is 1. The molecule has 0 radical (unpaired) electrons. The summed E-state index contributed by atoms with van der Waals surface area (Å²) < 4.78 is 1.48. The molecule has 2 aromatic carbocycles. The molecular formula is C31H34N6O5. The van der Waals surface area contributed by atoms with Crippen molar-refractivity contribution in [2.75, 3.05) is 26.2 Å². The lowest BCUT2D eigenvalue weighted by molar-refractivity contribution is -0.384. The van der Waals surface area contributed by atoms with E-state index in [2.05, 4.69) is 9.88 Å². The SMILES string of the molecule is CCn1c2c(c(=O)[nH]c1=O)[C@H](c1ccc(C)cc1)[C@@H]1C(=O)N(CC3CCN(Cc4ccc([N+](=O)[O-])cc4)CC3)CC1=N2. The normalized spacial score (nSPS) is 20.8. The van der Waals surface area contributed by atoms with Crippen LogP contribution in [0.25, 0.3) is 0 Å². The number of carbonyl (C=O) groups is 1. The van der Waals surface area contributed by atoms with Crippen LogP contribution in [0.1, 0.15) is 47.9 Å². The van der Waals surface area contributed by atoms with Gasteiger partial charge < -0.3 is 4.90 Å². The van der Waals surface area contributed by atoms with E-state index in [0.717, 1.165) is 49.2 Å². The summed E-state index contributed by atoms with van der Waals surface area (Å²) in [6.07, 6.45) is 1.87. The fraction of sp³-hybridized carbons (Fsp3) is 0.419. The van der Waals surface area contributed by atoms with Gasteiger partial charge in [-0.05, 0) is 56.8 Å². The predicted octanol–water partition coefficient (Wildman–Crippen LogP) is 3.36. The Kier molecular flexibility index (Phi) is 7.36. The number of aliphatic imine (C=N–C) groups is 1. The smallest absolute Gasteiger partial charge is 0.329 e. The first kappa shape index (κ1) is 27.8. The number of non-ortho nitro benzene ring substituents is 1. The van der Waals surface area contributed by atoms with E-state index >= 15 is 0 Å². The summed E-state index contributed by atoms with van der Waals surface area (Å²) in [4.78, 5) is 61.9. The fourth-order valence-electron chi connectivity index (χ4n) is 6.63. The van der Waals surface area contributed by atoms with E-state index in [4.69, 9.17) is 4.99 Å². The molecule has 3 aliphatic heterocycles. The van der Waals surface area contributed by atoms with Gasteiger partial charge in [0.05, 0.1) is 28.7 Å². The van der Waals surface area contributed by atoms with Gasteiger partial charge in [0.15, 0.2) is 0 Å². The molecule has 3 aromatic rings. The zero-order valence-electron chi connectivity index (χ0n) is 23.8. The van der Waals surface area contributed by atoms with E-state index in [1.54, 1.807) is 24.3 Å². The molecule has 42 heavy (non-hydrogen) atoms. The van der Waals surface area contributed by atoms with Crippen LogP contribution >= 0.6 is 0 Å². The number of aryl methyl sites for hydroxylation is 1. The Labute approximate surface area is 242 Å². The molecule has 0 aliphatic carbocycles. The van der Waals surface area contributed by atoms with Crippen molar-refractivity contribution < 1.29 is 9.72 Å². The molecule has 2 fully saturated rings. The highest BCUT2D eigenvalue weighted by atomic mass is 16.6. The van der Waals surface area contributed by atoms with Gasteiger partial charge in [0.2, 0.25) is 5.91 Å². The Hall–Kier alpha value is -4.38. The quantitative estimate of drug-likeness (QED) is 0.342. The summed E-state index contributed by atoms with van der Waals surface area (Å²) in [5, 5.41) is 10.9. The molecule has 0 saturated carbocycles. The number of H-pyrrole nitrogens is 1. The first-order valence-corrected chi connectivity index (χ1v) is 14.5. The van der Waals surface area contributed by atoms with E-state index in [-0.39, 0.29) is 16.5 Å². The number of nitrogens with zero attached hydrogens (tertiary/aromatic N) is 5. The Morgan fingerprint density at radius 1 is 1.00 bits per heavy atom. The first-order chi connectivity index (χ1) is 20.2. The Balaban J connectivity index is 1.20. The number of hydrogen-bond acceptors (Lipinski definition) is 7. The molecule has 0 unspecified atom stereocenters. The van der Waals surface area contributed by atoms with Crippen LogP contribution in [0.4, 0.5) is 11.5 Å². The topological polar surface area (TPSA) is 134 Å². The molecule has 1 N–H and O–H groups in total. The summed E-state index contributed by atoms with van der Waals surface area (Å²) in [6, 6.07) is 14.6. The number of fused-ring (bicyclic) bond motifs is 2. The molecule has 218 valence electrons. The highest BCUT2D eigenvalue weighted by Crippen LogP contribution is 2.43. The third-order valence-electron chi connectivity index (χ3n) is 8.88. The monoisotopic (exact) mass is 570 g/mol. The largest absolute Gasteiger partial charge is 0.336 e. The summed E-state index contributed by atoms with van der Waals surface area (Å²) >= 11 is 0. The number of rotatable bonds is 7. The number of carbonyl (C=O) groups excluding carboxylic acids is 1. The molecule has 3 aliphatic rings. The second-order valence-corrected chi connectivity index (χ2v) is 11.6. The van der Waals surface area contributed by atoms with Gasteiger partial charge in [0.25, 0.3) is 11.2 Å². The van der Waals surface area contributed by atoms with Crippen molar-refractivity contribution in [1.29, 1.82) is 0 Å². The minimum absolute atomic E-state index is 0.0214. The maximum absolute atomic E-state index is 14.0. The van der Waals surface area contributed by atoms with E-state index in [1.807, 2.05) is 43.0 Å². The average molecular weight is 571 g/mol.